The van der Waals surface area contributed by atoms with Crippen LogP contribution < -0.4 is 20.1 Å². The Bertz CT molecular complexity index is 1660. The summed E-state index contributed by atoms with van der Waals surface area (Å²) in [6, 6.07) is 21.5. The van der Waals surface area contributed by atoms with Crippen molar-refractivity contribution in [2.24, 2.45) is 5.92 Å². The monoisotopic (exact) mass is 586 g/mol. The van der Waals surface area contributed by atoms with Crippen LogP contribution in [0, 0.1) is 5.92 Å². The normalized spacial score (nSPS) is 16.9. The Kier molecular flexibility index (Phi) is 8.39. The zero-order chi connectivity index (χ0) is 29.9. The second-order valence-corrected chi connectivity index (χ2v) is 12.3. The van der Waals surface area contributed by atoms with Crippen LogP contribution in [0.25, 0.3) is 11.3 Å². The van der Waals surface area contributed by atoms with E-state index in [0.29, 0.717) is 29.9 Å². The number of ether oxygens (including phenoxy) is 1. The van der Waals surface area contributed by atoms with Gasteiger partial charge in [-0.2, -0.15) is 8.42 Å². The van der Waals surface area contributed by atoms with Crippen molar-refractivity contribution >= 4 is 27.6 Å². The van der Waals surface area contributed by atoms with Gasteiger partial charge in [0, 0.05) is 30.4 Å². The standard InChI is InChI=1S/C31H34N6O4S/c1-20(2)41-28-15-12-24(19-33-28)26-14-13-25(31(38)36-42(39,40)29-11-7-10-27(32)35-29)30(34-26)37-17-16-23(21(37)3)18-22-8-5-4-6-9-22/h4-15,19-21,23H,16-18H2,1-3H3,(H2,32,35)(H,36,38). The first-order chi connectivity index (χ1) is 20.1. The van der Waals surface area contributed by atoms with Crippen molar-refractivity contribution in [3.8, 4) is 17.1 Å². The third-order valence-electron chi connectivity index (χ3n) is 7.28. The first-order valence-electron chi connectivity index (χ1n) is 13.8. The van der Waals surface area contributed by atoms with Crippen molar-refractivity contribution in [1.82, 2.24) is 19.7 Å². The minimum Gasteiger partial charge on any atom is -0.475 e. The number of carbonyl (C=O) groups is 1. The summed E-state index contributed by atoms with van der Waals surface area (Å²) in [5.74, 6) is 0.466. The second-order valence-electron chi connectivity index (χ2n) is 10.6. The van der Waals surface area contributed by atoms with Gasteiger partial charge in [0.25, 0.3) is 15.9 Å². The van der Waals surface area contributed by atoms with Crippen LogP contribution >= 0.6 is 0 Å². The number of hydrogen-bond donors (Lipinski definition) is 2. The predicted molar refractivity (Wildman–Crippen MR) is 162 cm³/mol. The molecular formula is C31H34N6O4S. The number of anilines is 2. The molecule has 1 fully saturated rings. The number of benzene rings is 1. The quantitative estimate of drug-likeness (QED) is 0.290. The molecule has 5 rings (SSSR count). The number of amides is 1. The molecule has 4 heterocycles. The summed E-state index contributed by atoms with van der Waals surface area (Å²) in [5.41, 5.74) is 8.40. The maximum absolute atomic E-state index is 13.5. The molecule has 11 heteroatoms. The van der Waals surface area contributed by atoms with E-state index >= 15 is 0 Å². The SMILES string of the molecule is CC(C)Oc1ccc(-c2ccc(C(=O)NS(=O)(=O)c3cccc(N)n3)c(N3CCC(Cc4ccccc4)C3C)n2)cn1. The lowest BCUT2D eigenvalue weighted by molar-refractivity contribution is 0.0981. The lowest BCUT2D eigenvalue weighted by Gasteiger charge is -2.28. The van der Waals surface area contributed by atoms with Gasteiger partial charge in [0.1, 0.15) is 11.6 Å². The topological polar surface area (TPSA) is 140 Å². The maximum atomic E-state index is 13.5. The summed E-state index contributed by atoms with van der Waals surface area (Å²) in [6.07, 6.45) is 3.45. The molecule has 3 N–H and O–H groups in total. The number of nitrogens with one attached hydrogen (secondary N) is 1. The summed E-state index contributed by atoms with van der Waals surface area (Å²) in [7, 11) is -4.27. The summed E-state index contributed by atoms with van der Waals surface area (Å²) in [5, 5.41) is -0.339. The van der Waals surface area contributed by atoms with Gasteiger partial charge in [-0.25, -0.2) is 19.7 Å². The van der Waals surface area contributed by atoms with Gasteiger partial charge in [-0.3, -0.25) is 4.79 Å². The van der Waals surface area contributed by atoms with Crippen LogP contribution in [0.2, 0.25) is 0 Å². The minimum atomic E-state index is -4.27. The molecule has 4 aromatic rings. The fourth-order valence-electron chi connectivity index (χ4n) is 5.15. The Hall–Kier alpha value is -4.51. The van der Waals surface area contributed by atoms with Crippen LogP contribution in [-0.2, 0) is 16.4 Å². The summed E-state index contributed by atoms with van der Waals surface area (Å²) >= 11 is 0. The van der Waals surface area contributed by atoms with Crippen LogP contribution in [0.15, 0.2) is 84.0 Å². The highest BCUT2D eigenvalue weighted by Crippen LogP contribution is 2.34. The van der Waals surface area contributed by atoms with Crippen LogP contribution in [0.5, 0.6) is 5.88 Å². The van der Waals surface area contributed by atoms with Crippen LogP contribution in [0.4, 0.5) is 11.6 Å². The summed E-state index contributed by atoms with van der Waals surface area (Å²) < 4.78 is 33.8. The molecule has 1 aromatic carbocycles. The minimum absolute atomic E-state index is 0.00911. The lowest BCUT2D eigenvalue weighted by atomic mass is 9.93. The van der Waals surface area contributed by atoms with Gasteiger partial charge in [0.15, 0.2) is 5.03 Å². The van der Waals surface area contributed by atoms with Gasteiger partial charge in [-0.05, 0) is 75.4 Å². The largest absolute Gasteiger partial charge is 0.475 e. The van der Waals surface area contributed by atoms with E-state index in [9.17, 15) is 13.2 Å². The highest BCUT2D eigenvalue weighted by atomic mass is 32.2. The van der Waals surface area contributed by atoms with Crippen LogP contribution in [0.1, 0.15) is 43.1 Å². The molecule has 0 bridgehead atoms. The highest BCUT2D eigenvalue weighted by molar-refractivity contribution is 7.90. The van der Waals surface area contributed by atoms with Gasteiger partial charge < -0.3 is 15.4 Å². The van der Waals surface area contributed by atoms with Crippen molar-refractivity contribution in [3.05, 3.63) is 90.1 Å². The van der Waals surface area contributed by atoms with E-state index in [2.05, 4.69) is 38.6 Å². The number of hydrogen-bond acceptors (Lipinski definition) is 9. The number of nitrogen functional groups attached to an aromatic ring is 1. The lowest BCUT2D eigenvalue weighted by Crippen LogP contribution is -2.36. The highest BCUT2D eigenvalue weighted by Gasteiger charge is 2.34. The number of aromatic nitrogens is 3. The molecule has 218 valence electrons. The molecule has 42 heavy (non-hydrogen) atoms. The molecule has 10 nitrogen and oxygen atoms in total. The number of carbonyl (C=O) groups excluding carboxylic acids is 1. The smallest absolute Gasteiger partial charge is 0.281 e. The van der Waals surface area contributed by atoms with E-state index in [-0.39, 0.29) is 28.6 Å². The molecule has 2 atom stereocenters. The molecule has 1 amide bonds. The number of nitrogens with zero attached hydrogens (tertiary/aromatic N) is 4. The van der Waals surface area contributed by atoms with Crippen molar-refractivity contribution in [1.29, 1.82) is 0 Å². The molecule has 0 radical (unpaired) electrons. The van der Waals surface area contributed by atoms with Gasteiger partial charge in [-0.15, -0.1) is 0 Å². The van der Waals surface area contributed by atoms with E-state index in [1.165, 1.54) is 23.8 Å². The average Bonchev–Trinajstić information content (AvgIpc) is 3.32. The van der Waals surface area contributed by atoms with Crippen molar-refractivity contribution in [3.63, 3.8) is 0 Å². The molecule has 0 spiro atoms. The fourth-order valence-corrected chi connectivity index (χ4v) is 6.09. The predicted octanol–water partition coefficient (Wildman–Crippen LogP) is 4.48. The number of nitrogens with two attached hydrogens (primary N) is 1. The van der Waals surface area contributed by atoms with Gasteiger partial charge >= 0.3 is 0 Å². The van der Waals surface area contributed by atoms with Gasteiger partial charge in [0.05, 0.1) is 17.4 Å². The van der Waals surface area contributed by atoms with Gasteiger partial charge in [-0.1, -0.05) is 36.4 Å². The van der Waals surface area contributed by atoms with Crippen molar-refractivity contribution in [2.45, 2.75) is 50.8 Å². The van der Waals surface area contributed by atoms with E-state index in [4.69, 9.17) is 15.5 Å². The Morgan fingerprint density at radius 2 is 1.83 bits per heavy atom. The molecule has 2 unspecified atom stereocenters. The number of pyridine rings is 3. The fraction of sp³-hybridized carbons (Fsp3) is 0.290. The molecule has 1 aliphatic rings. The zero-order valence-electron chi connectivity index (χ0n) is 23.8. The van der Waals surface area contributed by atoms with Crippen molar-refractivity contribution < 1.29 is 17.9 Å². The molecular weight excluding hydrogens is 552 g/mol. The first kappa shape index (κ1) is 29.0. The average molecular weight is 587 g/mol. The molecule has 1 saturated heterocycles. The first-order valence-corrected chi connectivity index (χ1v) is 15.3. The van der Waals surface area contributed by atoms with E-state index in [0.717, 1.165) is 18.4 Å². The zero-order valence-corrected chi connectivity index (χ0v) is 24.6. The third-order valence-corrected chi connectivity index (χ3v) is 8.52. The van der Waals surface area contributed by atoms with Crippen LogP contribution in [-0.4, -0.2) is 48.0 Å². The van der Waals surface area contributed by atoms with Crippen molar-refractivity contribution in [2.75, 3.05) is 17.2 Å². The van der Waals surface area contributed by atoms with Crippen LogP contribution in [0.3, 0.4) is 0 Å². The Morgan fingerprint density at radius 1 is 1.05 bits per heavy atom. The van der Waals surface area contributed by atoms with E-state index in [1.54, 1.807) is 24.4 Å². The van der Waals surface area contributed by atoms with Gasteiger partial charge in [0.2, 0.25) is 5.88 Å². The third kappa shape index (κ3) is 6.52. The van der Waals surface area contributed by atoms with E-state index in [1.807, 2.05) is 38.1 Å². The molecule has 1 aliphatic heterocycles. The number of sulfonamides is 1. The summed E-state index contributed by atoms with van der Waals surface area (Å²) in [6.45, 7) is 6.64. The Morgan fingerprint density at radius 3 is 2.52 bits per heavy atom. The molecule has 0 saturated carbocycles. The molecule has 0 aliphatic carbocycles. The Balaban J connectivity index is 1.48. The van der Waals surface area contributed by atoms with E-state index < -0.39 is 15.9 Å². The Labute approximate surface area is 246 Å². The molecule has 3 aromatic heterocycles. The second kappa shape index (κ2) is 12.2. The summed E-state index contributed by atoms with van der Waals surface area (Å²) in [4.78, 5) is 28.8. The number of rotatable bonds is 9. The maximum Gasteiger partial charge on any atom is 0.281 e.